The van der Waals surface area contributed by atoms with E-state index in [4.69, 9.17) is 10.8 Å². The van der Waals surface area contributed by atoms with Crippen molar-refractivity contribution < 1.29 is 19.0 Å². The fourth-order valence-electron chi connectivity index (χ4n) is 0.694. The largest absolute Gasteiger partial charge is 0.511 e. The van der Waals surface area contributed by atoms with Crippen LogP contribution in [0, 0.1) is 5.82 Å². The average Bonchev–Trinajstić information content (AvgIpc) is 1.94. The molecule has 0 heterocycles. The third-order valence-corrected chi connectivity index (χ3v) is 1.15. The number of anilines is 1. The van der Waals surface area contributed by atoms with E-state index in [1.165, 1.54) is 6.07 Å². The second-order valence-corrected chi connectivity index (χ2v) is 2.06. The predicted molar refractivity (Wildman–Crippen MR) is 39.5 cm³/mol. The van der Waals surface area contributed by atoms with Gasteiger partial charge >= 0.3 is 6.16 Å². The van der Waals surface area contributed by atoms with Gasteiger partial charge in [-0.1, -0.05) is 0 Å². The Morgan fingerprint density at radius 1 is 1.58 bits per heavy atom. The fraction of sp³-hybridized carbons (Fsp3) is 0. The van der Waals surface area contributed by atoms with Crippen LogP contribution >= 0.6 is 0 Å². The topological polar surface area (TPSA) is 72.5 Å². The molecule has 0 radical (unpaired) electrons. The first kappa shape index (κ1) is 8.32. The van der Waals surface area contributed by atoms with Crippen molar-refractivity contribution in [1.82, 2.24) is 0 Å². The first-order valence-corrected chi connectivity index (χ1v) is 3.05. The minimum Gasteiger partial charge on any atom is -0.449 e. The number of hydrogen-bond donors (Lipinski definition) is 2. The van der Waals surface area contributed by atoms with Crippen molar-refractivity contribution in [2.24, 2.45) is 0 Å². The zero-order valence-corrected chi connectivity index (χ0v) is 5.95. The Hall–Kier alpha value is -1.78. The van der Waals surface area contributed by atoms with Crippen LogP contribution in [0.1, 0.15) is 0 Å². The highest BCUT2D eigenvalue weighted by atomic mass is 19.1. The van der Waals surface area contributed by atoms with Gasteiger partial charge in [0.1, 0.15) is 0 Å². The number of carbonyl (C=O) groups is 1. The molecular weight excluding hydrogens is 165 g/mol. The molecule has 64 valence electrons. The van der Waals surface area contributed by atoms with Crippen LogP contribution in [0.25, 0.3) is 0 Å². The van der Waals surface area contributed by atoms with Gasteiger partial charge in [0, 0.05) is 11.8 Å². The number of nitrogens with two attached hydrogens (primary N) is 1. The second-order valence-electron chi connectivity index (χ2n) is 2.06. The number of carboxylic acid groups (broad SMARTS) is 1. The van der Waals surface area contributed by atoms with Crippen LogP contribution < -0.4 is 10.5 Å². The summed E-state index contributed by atoms with van der Waals surface area (Å²) in [6.07, 6.45) is -1.56. The van der Waals surface area contributed by atoms with Gasteiger partial charge in [0.05, 0.1) is 0 Å². The first-order chi connectivity index (χ1) is 5.59. The van der Waals surface area contributed by atoms with E-state index >= 15 is 0 Å². The van der Waals surface area contributed by atoms with Gasteiger partial charge in [0.2, 0.25) is 0 Å². The smallest absolute Gasteiger partial charge is 0.449 e. The standard InChI is InChI=1S/C7H6FNO3/c8-5-3-4(9)1-2-6(5)12-7(10)11/h1-3H,9H2,(H,10,11). The van der Waals surface area contributed by atoms with Crippen molar-refractivity contribution >= 4 is 11.8 Å². The number of ether oxygens (including phenoxy) is 1. The lowest BCUT2D eigenvalue weighted by molar-refractivity contribution is 0.142. The Kier molecular flexibility index (Phi) is 2.14. The molecule has 0 spiro atoms. The Labute approximate surface area is 67.4 Å². The molecule has 0 aromatic heterocycles. The van der Waals surface area contributed by atoms with Crippen molar-refractivity contribution in [3.8, 4) is 5.75 Å². The van der Waals surface area contributed by atoms with Gasteiger partial charge in [-0.25, -0.2) is 9.18 Å². The summed E-state index contributed by atoms with van der Waals surface area (Å²) in [5, 5.41) is 8.14. The lowest BCUT2D eigenvalue weighted by atomic mass is 10.3. The summed E-state index contributed by atoms with van der Waals surface area (Å²) in [4.78, 5) is 9.99. The highest BCUT2D eigenvalue weighted by Gasteiger charge is 2.06. The molecule has 0 unspecified atom stereocenters. The summed E-state index contributed by atoms with van der Waals surface area (Å²) < 4.78 is 16.8. The quantitative estimate of drug-likeness (QED) is 0.381. The minimum atomic E-state index is -1.56. The van der Waals surface area contributed by atoms with Crippen LogP contribution in [0.5, 0.6) is 5.75 Å². The number of halogens is 1. The highest BCUT2D eigenvalue weighted by Crippen LogP contribution is 2.19. The van der Waals surface area contributed by atoms with Crippen molar-refractivity contribution in [3.63, 3.8) is 0 Å². The third-order valence-electron chi connectivity index (χ3n) is 1.15. The van der Waals surface area contributed by atoms with E-state index in [1.807, 2.05) is 0 Å². The van der Waals surface area contributed by atoms with E-state index in [0.717, 1.165) is 12.1 Å². The third kappa shape index (κ3) is 1.85. The molecule has 0 aliphatic carbocycles. The minimum absolute atomic E-state index is 0.213. The van der Waals surface area contributed by atoms with Crippen molar-refractivity contribution in [1.29, 1.82) is 0 Å². The summed E-state index contributed by atoms with van der Waals surface area (Å²) in [6.45, 7) is 0. The molecule has 0 bridgehead atoms. The van der Waals surface area contributed by atoms with Gasteiger partial charge in [-0.3, -0.25) is 0 Å². The average molecular weight is 171 g/mol. The second kappa shape index (κ2) is 3.08. The molecule has 0 aliphatic heterocycles. The van der Waals surface area contributed by atoms with Crippen LogP contribution in [0.15, 0.2) is 18.2 Å². The van der Waals surface area contributed by atoms with E-state index in [9.17, 15) is 9.18 Å². The van der Waals surface area contributed by atoms with E-state index in [0.29, 0.717) is 0 Å². The molecule has 1 aromatic carbocycles. The van der Waals surface area contributed by atoms with Gasteiger partial charge in [-0.15, -0.1) is 0 Å². The number of rotatable bonds is 1. The van der Waals surface area contributed by atoms with Crippen LogP contribution in [-0.2, 0) is 0 Å². The van der Waals surface area contributed by atoms with Crippen molar-refractivity contribution in [2.75, 3.05) is 5.73 Å². The molecule has 0 atom stereocenters. The summed E-state index contributed by atoms with van der Waals surface area (Å²) >= 11 is 0. The fourth-order valence-corrected chi connectivity index (χ4v) is 0.694. The number of hydrogen-bond acceptors (Lipinski definition) is 3. The van der Waals surface area contributed by atoms with Crippen molar-refractivity contribution in [2.45, 2.75) is 0 Å². The molecule has 12 heavy (non-hydrogen) atoms. The van der Waals surface area contributed by atoms with Crippen LogP contribution in [0.4, 0.5) is 14.9 Å². The molecular formula is C7H6FNO3. The zero-order chi connectivity index (χ0) is 9.14. The molecule has 5 heteroatoms. The van der Waals surface area contributed by atoms with Crippen LogP contribution in [-0.4, -0.2) is 11.3 Å². The zero-order valence-electron chi connectivity index (χ0n) is 5.95. The van der Waals surface area contributed by atoms with Gasteiger partial charge in [0.15, 0.2) is 11.6 Å². The van der Waals surface area contributed by atoms with E-state index in [2.05, 4.69) is 4.74 Å². The summed E-state index contributed by atoms with van der Waals surface area (Å²) in [5.74, 6) is -1.14. The molecule has 3 N–H and O–H groups in total. The molecule has 1 aromatic rings. The Morgan fingerprint density at radius 3 is 2.75 bits per heavy atom. The van der Waals surface area contributed by atoms with Crippen molar-refractivity contribution in [3.05, 3.63) is 24.0 Å². The Morgan fingerprint density at radius 2 is 2.25 bits per heavy atom. The Balaban J connectivity index is 2.93. The number of benzene rings is 1. The lowest BCUT2D eigenvalue weighted by Gasteiger charge is -2.00. The van der Waals surface area contributed by atoms with Gasteiger partial charge < -0.3 is 15.6 Å². The van der Waals surface area contributed by atoms with Gasteiger partial charge in [-0.05, 0) is 12.1 Å². The monoisotopic (exact) mass is 171 g/mol. The SMILES string of the molecule is Nc1ccc(OC(=O)O)c(F)c1. The summed E-state index contributed by atoms with van der Waals surface area (Å²) in [5.41, 5.74) is 5.43. The highest BCUT2D eigenvalue weighted by molar-refractivity contribution is 5.61. The molecule has 0 amide bonds. The predicted octanol–water partition coefficient (Wildman–Crippen LogP) is 1.46. The maximum absolute atomic E-state index is 12.7. The first-order valence-electron chi connectivity index (χ1n) is 3.05. The maximum atomic E-state index is 12.7. The molecule has 0 aliphatic rings. The van der Waals surface area contributed by atoms with Crippen LogP contribution in [0.3, 0.4) is 0 Å². The molecule has 0 saturated carbocycles. The number of nitrogen functional groups attached to an aromatic ring is 1. The summed E-state index contributed by atoms with van der Waals surface area (Å²) in [6, 6.07) is 3.48. The molecule has 4 nitrogen and oxygen atoms in total. The molecule has 0 fully saturated rings. The molecule has 1 rings (SSSR count). The van der Waals surface area contributed by atoms with E-state index < -0.39 is 12.0 Å². The van der Waals surface area contributed by atoms with Gasteiger partial charge in [-0.2, -0.15) is 0 Å². The van der Waals surface area contributed by atoms with E-state index in [-0.39, 0.29) is 11.4 Å². The lowest BCUT2D eigenvalue weighted by Crippen LogP contribution is -2.04. The van der Waals surface area contributed by atoms with Crippen LogP contribution in [0.2, 0.25) is 0 Å². The molecule has 0 saturated heterocycles. The maximum Gasteiger partial charge on any atom is 0.511 e. The van der Waals surface area contributed by atoms with Gasteiger partial charge in [0.25, 0.3) is 0 Å². The normalized spacial score (nSPS) is 9.42. The Bertz CT molecular complexity index is 314. The van der Waals surface area contributed by atoms with E-state index in [1.54, 1.807) is 0 Å². The summed E-state index contributed by atoms with van der Waals surface area (Å²) in [7, 11) is 0.